The van der Waals surface area contributed by atoms with Crippen molar-refractivity contribution in [3.63, 3.8) is 0 Å². The van der Waals surface area contributed by atoms with Gasteiger partial charge >= 0.3 is 11.9 Å². The first-order valence-electron chi connectivity index (χ1n) is 10.3. The van der Waals surface area contributed by atoms with E-state index in [2.05, 4.69) is 9.51 Å². The zero-order valence-corrected chi connectivity index (χ0v) is 20.5. The largest absolute Gasteiger partial charge is 0.727 e. The van der Waals surface area contributed by atoms with Gasteiger partial charge in [-0.05, 0) is 36.0 Å². The lowest BCUT2D eigenvalue weighted by molar-refractivity contribution is -0.757. The van der Waals surface area contributed by atoms with E-state index < -0.39 is 22.4 Å². The summed E-state index contributed by atoms with van der Waals surface area (Å²) in [6.45, 7) is 2.35. The lowest BCUT2D eigenvalue weighted by atomic mass is 10.2. The molecule has 1 unspecified atom stereocenters. The molecule has 1 fully saturated rings. The van der Waals surface area contributed by atoms with Crippen molar-refractivity contribution in [2.75, 3.05) is 32.9 Å². The maximum absolute atomic E-state index is 12.7. The molecule has 182 valence electrons. The van der Waals surface area contributed by atoms with E-state index >= 15 is 0 Å². The molecule has 1 aliphatic heterocycles. The molecule has 3 rings (SSSR count). The van der Waals surface area contributed by atoms with Gasteiger partial charge in [0.15, 0.2) is 0 Å². The second-order valence-electron chi connectivity index (χ2n) is 7.10. The van der Waals surface area contributed by atoms with Gasteiger partial charge in [0.25, 0.3) is 5.09 Å². The van der Waals surface area contributed by atoms with Gasteiger partial charge in [-0.1, -0.05) is 29.7 Å². The van der Waals surface area contributed by atoms with Crippen LogP contribution >= 0.6 is 5.39 Å². The van der Waals surface area contributed by atoms with Crippen LogP contribution in [0.15, 0.2) is 48.5 Å². The van der Waals surface area contributed by atoms with Crippen LogP contribution in [-0.2, 0) is 38.4 Å². The van der Waals surface area contributed by atoms with Crippen molar-refractivity contribution in [3.05, 3.63) is 64.2 Å². The normalized spacial score (nSPS) is 15.7. The second kappa shape index (κ2) is 12.3. The predicted octanol–water partition coefficient (Wildman–Crippen LogP) is 2.61. The molecule has 1 aliphatic rings. The van der Waals surface area contributed by atoms with E-state index in [9.17, 15) is 19.7 Å². The van der Waals surface area contributed by atoms with Crippen LogP contribution < -0.4 is 14.8 Å². The molecule has 0 N–H and O–H groups in total. The Bertz CT molecular complexity index is 1080. The van der Waals surface area contributed by atoms with E-state index in [1.807, 2.05) is 0 Å². The van der Waals surface area contributed by atoms with Crippen LogP contribution in [0.2, 0.25) is 0 Å². The molecule has 10 nitrogen and oxygen atoms in total. The van der Waals surface area contributed by atoms with Crippen molar-refractivity contribution in [2.24, 2.45) is 0 Å². The molecule has 0 radical (unpaired) electrons. The molecule has 0 bridgehead atoms. The molecule has 1 atom stereocenters. The lowest BCUT2D eigenvalue weighted by Crippen LogP contribution is -2.35. The van der Waals surface area contributed by atoms with Crippen molar-refractivity contribution in [1.82, 2.24) is 4.67 Å². The van der Waals surface area contributed by atoms with Gasteiger partial charge in [0.2, 0.25) is 0 Å². The van der Waals surface area contributed by atoms with Crippen LogP contribution in [0.5, 0.6) is 11.5 Å². The molecule has 2 aromatic carbocycles. The van der Waals surface area contributed by atoms with Gasteiger partial charge in [-0.3, -0.25) is 9.46 Å². The van der Waals surface area contributed by atoms with Crippen LogP contribution in [0.4, 0.5) is 0 Å². The Labute approximate surface area is 206 Å². The Hall–Kier alpha value is -2.50. The zero-order valence-electron chi connectivity index (χ0n) is 18.0. The molecule has 0 spiro atoms. The first-order valence-corrected chi connectivity index (χ1v) is 14.1. The van der Waals surface area contributed by atoms with E-state index in [1.165, 1.54) is 12.1 Å². The van der Waals surface area contributed by atoms with Crippen molar-refractivity contribution < 1.29 is 33.7 Å². The number of rotatable bonds is 10. The molecule has 0 aliphatic carbocycles. The maximum Gasteiger partial charge on any atom is 0.347 e. The van der Waals surface area contributed by atoms with Gasteiger partial charge in [-0.2, -0.15) is 0 Å². The summed E-state index contributed by atoms with van der Waals surface area (Å²) in [5.74, 6) is -1.05. The van der Waals surface area contributed by atoms with Crippen molar-refractivity contribution >= 4 is 46.7 Å². The molecular formula is C21H22N2O8PS2-. The van der Waals surface area contributed by atoms with Gasteiger partial charge in [0.1, 0.15) is 17.1 Å². The van der Waals surface area contributed by atoms with Crippen LogP contribution in [0, 0.1) is 10.1 Å². The number of morpholine rings is 1. The highest BCUT2D eigenvalue weighted by Crippen LogP contribution is 2.46. The molecular weight excluding hydrogens is 503 g/mol. The monoisotopic (exact) mass is 525 g/mol. The molecule has 0 saturated carbocycles. The second-order valence-corrected chi connectivity index (χ2v) is 13.1. The fourth-order valence-electron chi connectivity index (χ4n) is 3.10. The number of ether oxygens (including phenoxy) is 3. The summed E-state index contributed by atoms with van der Waals surface area (Å²) in [7, 11) is 0. The minimum Gasteiger partial charge on any atom is -0.727 e. The minimum absolute atomic E-state index is 0.0256. The number of hydrogen-bond donors (Lipinski definition) is 0. The lowest BCUT2D eigenvalue weighted by Gasteiger charge is -2.43. The summed E-state index contributed by atoms with van der Waals surface area (Å²) < 4.78 is 18.1. The summed E-state index contributed by atoms with van der Waals surface area (Å²) in [4.78, 5) is 39.0. The van der Waals surface area contributed by atoms with Crippen LogP contribution in [0.1, 0.15) is 23.2 Å². The summed E-state index contributed by atoms with van der Waals surface area (Å²) in [5.41, 5.74) is 0.0585. The fraction of sp³-hybridized carbons (Fsp3) is 0.333. The average molecular weight is 526 g/mol. The standard InChI is InChI=1S/C21H23N2O8PS2/c24-20(6-3-13-29-23(26)27)31-19-5-2-1-4-18(19)21(25)30-16-7-9-17(10-8-16)32(33,34)22-11-14-28-15-12-22/h1-2,4-5,7-10H,3,6,11-15H2,(H,33,34)/p-1. The highest BCUT2D eigenvalue weighted by Gasteiger charge is 2.20. The van der Waals surface area contributed by atoms with E-state index in [0.717, 1.165) is 5.30 Å². The smallest absolute Gasteiger partial charge is 0.347 e. The van der Waals surface area contributed by atoms with E-state index in [-0.39, 0.29) is 30.8 Å². The third-order valence-electron chi connectivity index (χ3n) is 4.79. The highest BCUT2D eigenvalue weighted by molar-refractivity contribution is 8.56. The fourth-order valence-corrected chi connectivity index (χ4v) is 6.35. The number of para-hydroxylation sites is 1. The van der Waals surface area contributed by atoms with Crippen molar-refractivity contribution in [1.29, 1.82) is 0 Å². The Morgan fingerprint density at radius 2 is 1.79 bits per heavy atom. The number of carbonyl (C=O) groups is 2. The Balaban J connectivity index is 1.62. The summed E-state index contributed by atoms with van der Waals surface area (Å²) in [6, 6.07) is 12.9. The molecule has 0 aromatic heterocycles. The number of benzene rings is 2. The molecule has 34 heavy (non-hydrogen) atoms. The SMILES string of the molecule is O=C(CCCO[N+](=O)[O-])Oc1ccccc1C(=O)Oc1ccc(P(=S)([S-])N2CCOCC2)cc1. The van der Waals surface area contributed by atoms with Gasteiger partial charge < -0.3 is 31.3 Å². The Morgan fingerprint density at radius 1 is 1.12 bits per heavy atom. The van der Waals surface area contributed by atoms with Crippen LogP contribution in [0.25, 0.3) is 0 Å². The topological polar surface area (TPSA) is 117 Å². The van der Waals surface area contributed by atoms with Gasteiger partial charge in [0.05, 0.1) is 19.8 Å². The first kappa shape index (κ1) is 26.1. The zero-order chi connectivity index (χ0) is 24.6. The highest BCUT2D eigenvalue weighted by atomic mass is 32.9. The third kappa shape index (κ3) is 7.25. The van der Waals surface area contributed by atoms with Crippen LogP contribution in [-0.4, -0.2) is 54.6 Å². The molecule has 2 aromatic rings. The van der Waals surface area contributed by atoms with Gasteiger partial charge in [0, 0.05) is 19.5 Å². The quantitative estimate of drug-likeness (QED) is 0.0866. The predicted molar refractivity (Wildman–Crippen MR) is 129 cm³/mol. The van der Waals surface area contributed by atoms with E-state index in [0.29, 0.717) is 32.1 Å². The third-order valence-corrected chi connectivity index (χ3v) is 9.53. The molecule has 13 heteroatoms. The summed E-state index contributed by atoms with van der Waals surface area (Å²) in [6.07, 6.45) is -0.0199. The summed E-state index contributed by atoms with van der Waals surface area (Å²) >= 11 is 11.5. The Kier molecular flexibility index (Phi) is 9.43. The molecule has 1 heterocycles. The number of hydrogen-bond acceptors (Lipinski definition) is 10. The van der Waals surface area contributed by atoms with Gasteiger partial charge in [-0.25, -0.2) is 4.79 Å². The van der Waals surface area contributed by atoms with E-state index in [1.54, 1.807) is 36.4 Å². The minimum atomic E-state index is -2.35. The maximum atomic E-state index is 12.7. The van der Waals surface area contributed by atoms with Crippen LogP contribution in [0.3, 0.4) is 0 Å². The summed E-state index contributed by atoms with van der Waals surface area (Å²) in [5, 5.41) is 7.69. The average Bonchev–Trinajstić information content (AvgIpc) is 2.83. The molecule has 1 saturated heterocycles. The molecule has 0 amide bonds. The van der Waals surface area contributed by atoms with E-state index in [4.69, 9.17) is 38.3 Å². The van der Waals surface area contributed by atoms with Crippen molar-refractivity contribution in [2.45, 2.75) is 12.8 Å². The Morgan fingerprint density at radius 3 is 2.47 bits per heavy atom. The van der Waals surface area contributed by atoms with Gasteiger partial charge in [-0.15, -0.1) is 21.9 Å². The first-order chi connectivity index (χ1) is 16.3. The number of esters is 2. The van der Waals surface area contributed by atoms with Crippen molar-refractivity contribution in [3.8, 4) is 11.5 Å². The number of carbonyl (C=O) groups excluding carboxylic acids is 2. The number of nitrogens with zero attached hydrogens (tertiary/aromatic N) is 2.